The highest BCUT2D eigenvalue weighted by atomic mass is 32.2. The Morgan fingerprint density at radius 2 is 1.91 bits per heavy atom. The second kappa shape index (κ2) is 12.3. The number of carbonyl (C=O) groups excluding carboxylic acids is 1. The second-order valence-corrected chi connectivity index (χ2v) is 14.6. The molecule has 45 heavy (non-hydrogen) atoms. The van der Waals surface area contributed by atoms with E-state index in [4.69, 9.17) is 9.72 Å². The van der Waals surface area contributed by atoms with Gasteiger partial charge in [-0.1, -0.05) is 32.4 Å². The van der Waals surface area contributed by atoms with E-state index in [0.717, 1.165) is 31.2 Å². The number of pyridine rings is 1. The zero-order chi connectivity index (χ0) is 32.6. The van der Waals surface area contributed by atoms with Crippen LogP contribution in [-0.2, 0) is 16.4 Å². The number of ether oxygens (including phenoxy) is 1. The van der Waals surface area contributed by atoms with E-state index >= 15 is 0 Å². The number of hydrogen-bond donors (Lipinski definition) is 1. The van der Waals surface area contributed by atoms with Crippen molar-refractivity contribution in [2.75, 3.05) is 18.1 Å². The van der Waals surface area contributed by atoms with E-state index in [1.165, 1.54) is 22.9 Å². The first-order chi connectivity index (χ1) is 21.1. The number of rotatable bonds is 12. The number of anilines is 1. The van der Waals surface area contributed by atoms with Gasteiger partial charge in [0.25, 0.3) is 15.9 Å². The minimum atomic E-state index is -4.25. The van der Waals surface area contributed by atoms with Gasteiger partial charge in [-0.25, -0.2) is 22.8 Å². The van der Waals surface area contributed by atoms with Gasteiger partial charge in [0.2, 0.25) is 5.88 Å². The quantitative estimate of drug-likeness (QED) is 0.240. The minimum absolute atomic E-state index is 0.0117. The van der Waals surface area contributed by atoms with Crippen LogP contribution in [0.3, 0.4) is 0 Å². The molecule has 9 nitrogen and oxygen atoms in total. The fourth-order valence-corrected chi connectivity index (χ4v) is 7.12. The monoisotopic (exact) mass is 647 g/mol. The van der Waals surface area contributed by atoms with Crippen LogP contribution in [0.2, 0.25) is 0 Å². The molecule has 244 valence electrons. The molecule has 1 N–H and O–H groups in total. The Balaban J connectivity index is 1.39. The summed E-state index contributed by atoms with van der Waals surface area (Å²) in [5.74, 6) is 0.298. The van der Waals surface area contributed by atoms with Crippen LogP contribution in [0, 0.1) is 11.3 Å². The molecule has 2 fully saturated rings. The van der Waals surface area contributed by atoms with Gasteiger partial charge in [0.1, 0.15) is 5.82 Å². The van der Waals surface area contributed by atoms with E-state index in [1.54, 1.807) is 24.4 Å². The van der Waals surface area contributed by atoms with Gasteiger partial charge in [-0.15, -0.1) is 5.10 Å². The number of nitrogens with zero attached hydrogens (tertiary/aromatic N) is 4. The SMILES string of the molecule is CCCCc1cccc(S(=O)(=O)NC(=O)c2ccc(-n3ccc(OCCC4(C(F)(F)F)CC4)n3)nc2N2CC(C)CC2(C)C)c1. The van der Waals surface area contributed by atoms with Crippen LogP contribution in [0.1, 0.15) is 82.1 Å². The number of sulfonamides is 1. The Bertz CT molecular complexity index is 1650. The van der Waals surface area contributed by atoms with Gasteiger partial charge in [-0.05, 0) is 88.1 Å². The lowest BCUT2D eigenvalue weighted by Gasteiger charge is -2.34. The number of halogens is 3. The lowest BCUT2D eigenvalue weighted by molar-refractivity contribution is -0.190. The second-order valence-electron chi connectivity index (χ2n) is 12.9. The molecule has 0 bridgehead atoms. The standard InChI is InChI=1S/C32H40F3N5O4S/c1-5-6-8-23-9-7-10-24(19-23)45(42,43)38-29(41)25-11-12-26(36-28(25)39-21-22(2)20-30(39,3)4)40-17-13-27(37-40)44-18-16-31(14-15-31)32(33,34)35/h7,9-13,17,19,22H,5-6,8,14-16,18,20-21H2,1-4H3,(H,38,41). The van der Waals surface area contributed by atoms with Crippen LogP contribution in [0.5, 0.6) is 5.88 Å². The maximum absolute atomic E-state index is 13.6. The number of carbonyl (C=O) groups is 1. The van der Waals surface area contributed by atoms with E-state index in [2.05, 4.69) is 23.7 Å². The molecule has 1 aliphatic heterocycles. The highest BCUT2D eigenvalue weighted by Gasteiger charge is 2.62. The summed E-state index contributed by atoms with van der Waals surface area (Å²) >= 11 is 0. The molecule has 2 aromatic heterocycles. The zero-order valence-electron chi connectivity index (χ0n) is 26.0. The molecule has 3 aromatic rings. The fraction of sp³-hybridized carbons (Fsp3) is 0.531. The number of nitrogens with one attached hydrogen (secondary N) is 1. The molecular formula is C32H40F3N5O4S. The summed E-state index contributed by atoms with van der Waals surface area (Å²) in [6.07, 6.45) is 0.878. The normalized spacial score (nSPS) is 19.0. The summed E-state index contributed by atoms with van der Waals surface area (Å²) in [6.45, 7) is 8.72. The average molecular weight is 648 g/mol. The summed E-state index contributed by atoms with van der Waals surface area (Å²) < 4.78 is 75.6. The molecule has 1 aromatic carbocycles. The zero-order valence-corrected chi connectivity index (χ0v) is 26.8. The molecule has 1 saturated carbocycles. The van der Waals surface area contributed by atoms with Crippen LogP contribution in [0.4, 0.5) is 19.0 Å². The Hall–Kier alpha value is -3.61. The van der Waals surface area contributed by atoms with Crippen LogP contribution < -0.4 is 14.4 Å². The smallest absolute Gasteiger partial charge is 0.394 e. The minimum Gasteiger partial charge on any atom is -0.477 e. The number of amides is 1. The largest absolute Gasteiger partial charge is 0.477 e. The predicted molar refractivity (Wildman–Crippen MR) is 164 cm³/mol. The Morgan fingerprint density at radius 3 is 2.56 bits per heavy atom. The molecule has 13 heteroatoms. The van der Waals surface area contributed by atoms with Crippen molar-refractivity contribution in [3.63, 3.8) is 0 Å². The van der Waals surface area contributed by atoms with Crippen LogP contribution in [0.15, 0.2) is 53.6 Å². The van der Waals surface area contributed by atoms with Gasteiger partial charge >= 0.3 is 6.18 Å². The molecule has 1 saturated heterocycles. The van der Waals surface area contributed by atoms with Crippen molar-refractivity contribution in [3.8, 4) is 11.7 Å². The van der Waals surface area contributed by atoms with Gasteiger partial charge in [0.15, 0.2) is 5.82 Å². The molecule has 1 unspecified atom stereocenters. The molecule has 2 aliphatic rings. The molecule has 0 spiro atoms. The number of benzene rings is 1. The van der Waals surface area contributed by atoms with Crippen LogP contribution in [0.25, 0.3) is 5.82 Å². The number of alkyl halides is 3. The summed E-state index contributed by atoms with van der Waals surface area (Å²) in [7, 11) is -4.17. The fourth-order valence-electron chi connectivity index (χ4n) is 6.08. The van der Waals surface area contributed by atoms with E-state index in [0.29, 0.717) is 24.1 Å². The summed E-state index contributed by atoms with van der Waals surface area (Å²) in [5.41, 5.74) is -1.06. The third-order valence-electron chi connectivity index (χ3n) is 8.77. The predicted octanol–water partition coefficient (Wildman–Crippen LogP) is 6.46. The molecule has 5 rings (SSSR count). The van der Waals surface area contributed by atoms with Crippen molar-refractivity contribution in [3.05, 3.63) is 59.8 Å². The molecular weight excluding hydrogens is 607 g/mol. The summed E-state index contributed by atoms with van der Waals surface area (Å²) in [6, 6.07) is 11.2. The third kappa shape index (κ3) is 7.13. The van der Waals surface area contributed by atoms with Gasteiger partial charge < -0.3 is 9.64 Å². The lowest BCUT2D eigenvalue weighted by atomic mass is 9.97. The van der Waals surface area contributed by atoms with Crippen molar-refractivity contribution >= 4 is 21.7 Å². The number of aromatic nitrogens is 3. The third-order valence-corrected chi connectivity index (χ3v) is 10.1. The van der Waals surface area contributed by atoms with Gasteiger partial charge in [-0.3, -0.25) is 4.79 Å². The Labute approximate surface area is 262 Å². The van der Waals surface area contributed by atoms with E-state index in [-0.39, 0.29) is 47.7 Å². The summed E-state index contributed by atoms with van der Waals surface area (Å²) in [4.78, 5) is 20.4. The van der Waals surface area contributed by atoms with Gasteiger partial charge in [0, 0.05) is 24.3 Å². The van der Waals surface area contributed by atoms with Crippen molar-refractivity contribution in [2.45, 2.75) is 89.3 Å². The molecule has 1 amide bonds. The number of hydrogen-bond acceptors (Lipinski definition) is 7. The lowest BCUT2D eigenvalue weighted by Crippen LogP contribution is -2.41. The topological polar surface area (TPSA) is 106 Å². The number of unbranched alkanes of at least 4 members (excludes halogenated alkanes) is 1. The Kier molecular flexibility index (Phi) is 8.96. The van der Waals surface area contributed by atoms with Crippen molar-refractivity contribution in [2.24, 2.45) is 11.3 Å². The van der Waals surface area contributed by atoms with E-state index < -0.39 is 27.5 Å². The molecule has 1 atom stereocenters. The van der Waals surface area contributed by atoms with E-state index in [9.17, 15) is 26.4 Å². The van der Waals surface area contributed by atoms with Crippen molar-refractivity contribution < 1.29 is 31.1 Å². The highest BCUT2D eigenvalue weighted by Crippen LogP contribution is 2.59. The molecule has 0 radical (unpaired) electrons. The maximum Gasteiger partial charge on any atom is 0.394 e. The highest BCUT2D eigenvalue weighted by molar-refractivity contribution is 7.90. The van der Waals surface area contributed by atoms with Gasteiger partial charge in [0.05, 0.1) is 22.5 Å². The number of aryl methyl sites for hydroxylation is 1. The van der Waals surface area contributed by atoms with Gasteiger partial charge in [-0.2, -0.15) is 13.2 Å². The first-order valence-corrected chi connectivity index (χ1v) is 16.8. The van der Waals surface area contributed by atoms with Crippen molar-refractivity contribution in [1.29, 1.82) is 0 Å². The van der Waals surface area contributed by atoms with Crippen molar-refractivity contribution in [1.82, 2.24) is 19.5 Å². The maximum atomic E-state index is 13.6. The first kappa shape index (κ1) is 32.8. The Morgan fingerprint density at radius 1 is 1.16 bits per heavy atom. The van der Waals surface area contributed by atoms with E-state index in [1.807, 2.05) is 24.8 Å². The van der Waals surface area contributed by atoms with Crippen LogP contribution >= 0.6 is 0 Å². The first-order valence-electron chi connectivity index (χ1n) is 15.3. The molecule has 1 aliphatic carbocycles. The average Bonchev–Trinajstić information content (AvgIpc) is 3.54. The summed E-state index contributed by atoms with van der Waals surface area (Å²) in [5, 5.41) is 4.34. The van der Waals surface area contributed by atoms with Crippen LogP contribution in [-0.4, -0.2) is 54.0 Å². The molecule has 3 heterocycles.